The van der Waals surface area contributed by atoms with Crippen molar-refractivity contribution < 1.29 is 4.42 Å². The van der Waals surface area contributed by atoms with E-state index in [4.69, 9.17) is 4.42 Å². The monoisotopic (exact) mass is 498 g/mol. The Morgan fingerprint density at radius 2 is 1.21 bits per heavy atom. The molecule has 0 radical (unpaired) electrons. The highest BCUT2D eigenvalue weighted by Crippen LogP contribution is 2.44. The van der Waals surface area contributed by atoms with Gasteiger partial charge in [0.1, 0.15) is 11.2 Å². The van der Waals surface area contributed by atoms with E-state index in [2.05, 4.69) is 137 Å². The topological polar surface area (TPSA) is 33.9 Å². The standard InChI is InChI=1S/C36H22N2O/c1-2-10-22(11-3-1)23-14-8-18-31-35(23)36-29(17-9-19-32(36)39-31)38-28-16-7-5-13-25(28)34-30(38)21-20-27-33(34)24-12-4-6-15-26(24)37-27/h1-21,37H. The number of fused-ring (bicyclic) bond motifs is 10. The maximum atomic E-state index is 6.47. The van der Waals surface area contributed by atoms with E-state index in [1.54, 1.807) is 0 Å². The van der Waals surface area contributed by atoms with Crippen molar-refractivity contribution in [3.05, 3.63) is 127 Å². The molecule has 0 bridgehead atoms. The van der Waals surface area contributed by atoms with Crippen LogP contribution >= 0.6 is 0 Å². The van der Waals surface area contributed by atoms with Gasteiger partial charge in [-0.25, -0.2) is 0 Å². The summed E-state index contributed by atoms with van der Waals surface area (Å²) >= 11 is 0. The van der Waals surface area contributed by atoms with Crippen LogP contribution < -0.4 is 0 Å². The van der Waals surface area contributed by atoms with Crippen LogP contribution in [0, 0.1) is 0 Å². The molecular formula is C36H22N2O. The minimum atomic E-state index is 0.894. The van der Waals surface area contributed by atoms with Crippen molar-refractivity contribution in [3.63, 3.8) is 0 Å². The van der Waals surface area contributed by atoms with E-state index >= 15 is 0 Å². The Morgan fingerprint density at radius 1 is 0.462 bits per heavy atom. The Hall–Kier alpha value is -5.28. The van der Waals surface area contributed by atoms with Crippen LogP contribution in [0.4, 0.5) is 0 Å². The molecule has 1 N–H and O–H groups in total. The van der Waals surface area contributed by atoms with Crippen LogP contribution in [0.15, 0.2) is 132 Å². The Morgan fingerprint density at radius 3 is 2.10 bits per heavy atom. The third-order valence-electron chi connectivity index (χ3n) is 8.13. The molecule has 0 aliphatic carbocycles. The van der Waals surface area contributed by atoms with Crippen LogP contribution in [-0.4, -0.2) is 9.55 Å². The summed E-state index contributed by atoms with van der Waals surface area (Å²) in [6.07, 6.45) is 0. The van der Waals surface area contributed by atoms with Gasteiger partial charge in [0.05, 0.1) is 22.1 Å². The van der Waals surface area contributed by atoms with Crippen molar-refractivity contribution in [3.8, 4) is 16.8 Å². The van der Waals surface area contributed by atoms with Crippen LogP contribution in [0.5, 0.6) is 0 Å². The Kier molecular flexibility index (Phi) is 4.05. The van der Waals surface area contributed by atoms with Crippen LogP contribution in [0.2, 0.25) is 0 Å². The predicted molar refractivity (Wildman–Crippen MR) is 163 cm³/mol. The average Bonchev–Trinajstić information content (AvgIpc) is 3.66. The average molecular weight is 499 g/mol. The molecule has 0 saturated carbocycles. The van der Waals surface area contributed by atoms with Gasteiger partial charge in [-0.05, 0) is 53.6 Å². The molecule has 3 heteroatoms. The van der Waals surface area contributed by atoms with Gasteiger partial charge in [-0.15, -0.1) is 0 Å². The van der Waals surface area contributed by atoms with Crippen molar-refractivity contribution in [2.24, 2.45) is 0 Å². The number of benzene rings is 6. The lowest BCUT2D eigenvalue weighted by Gasteiger charge is -2.11. The summed E-state index contributed by atoms with van der Waals surface area (Å²) in [5.41, 5.74) is 9.97. The number of aromatic amines is 1. The van der Waals surface area contributed by atoms with E-state index in [1.807, 2.05) is 0 Å². The molecule has 0 atom stereocenters. The molecule has 3 aromatic heterocycles. The van der Waals surface area contributed by atoms with Crippen LogP contribution in [0.1, 0.15) is 0 Å². The summed E-state index contributed by atoms with van der Waals surface area (Å²) in [4.78, 5) is 3.63. The van der Waals surface area contributed by atoms with Gasteiger partial charge in [0.15, 0.2) is 0 Å². The molecule has 0 amide bonds. The van der Waals surface area contributed by atoms with Gasteiger partial charge in [0.2, 0.25) is 0 Å². The highest BCUT2D eigenvalue weighted by Gasteiger charge is 2.21. The Labute approximate surface area is 223 Å². The number of nitrogens with one attached hydrogen (secondary N) is 1. The zero-order valence-corrected chi connectivity index (χ0v) is 21.0. The fourth-order valence-corrected chi connectivity index (χ4v) is 6.55. The number of para-hydroxylation sites is 2. The van der Waals surface area contributed by atoms with E-state index in [-0.39, 0.29) is 0 Å². The van der Waals surface area contributed by atoms with E-state index in [0.717, 1.165) is 38.7 Å². The van der Waals surface area contributed by atoms with Crippen molar-refractivity contribution in [1.82, 2.24) is 9.55 Å². The minimum absolute atomic E-state index is 0.894. The first-order valence-electron chi connectivity index (χ1n) is 13.3. The smallest absolute Gasteiger partial charge is 0.137 e. The first-order chi connectivity index (χ1) is 19.4. The minimum Gasteiger partial charge on any atom is -0.456 e. The number of hydrogen-bond acceptors (Lipinski definition) is 1. The van der Waals surface area contributed by atoms with E-state index in [1.165, 1.54) is 43.7 Å². The van der Waals surface area contributed by atoms with E-state index in [9.17, 15) is 0 Å². The summed E-state index contributed by atoms with van der Waals surface area (Å²) in [7, 11) is 0. The lowest BCUT2D eigenvalue weighted by atomic mass is 9.99. The van der Waals surface area contributed by atoms with Gasteiger partial charge < -0.3 is 14.0 Å². The van der Waals surface area contributed by atoms with Crippen LogP contribution in [0.3, 0.4) is 0 Å². The lowest BCUT2D eigenvalue weighted by molar-refractivity contribution is 0.669. The molecule has 39 heavy (non-hydrogen) atoms. The molecule has 182 valence electrons. The van der Waals surface area contributed by atoms with Gasteiger partial charge in [0, 0.05) is 38.0 Å². The van der Waals surface area contributed by atoms with Crippen molar-refractivity contribution in [2.45, 2.75) is 0 Å². The maximum Gasteiger partial charge on any atom is 0.137 e. The number of rotatable bonds is 2. The molecule has 9 aromatic rings. The molecule has 6 aromatic carbocycles. The maximum absolute atomic E-state index is 6.47. The summed E-state index contributed by atoms with van der Waals surface area (Å²) in [5, 5.41) is 7.32. The Bertz CT molecular complexity index is 2390. The quantitative estimate of drug-likeness (QED) is 0.253. The molecule has 3 nitrogen and oxygen atoms in total. The highest BCUT2D eigenvalue weighted by molar-refractivity contribution is 6.29. The fraction of sp³-hybridized carbons (Fsp3) is 0. The van der Waals surface area contributed by atoms with Crippen LogP contribution in [-0.2, 0) is 0 Å². The van der Waals surface area contributed by atoms with Crippen molar-refractivity contribution in [1.29, 1.82) is 0 Å². The van der Waals surface area contributed by atoms with Crippen molar-refractivity contribution >= 4 is 65.6 Å². The fourth-order valence-electron chi connectivity index (χ4n) is 6.55. The van der Waals surface area contributed by atoms with E-state index < -0.39 is 0 Å². The second-order valence-corrected chi connectivity index (χ2v) is 10.2. The molecule has 0 saturated heterocycles. The highest BCUT2D eigenvalue weighted by atomic mass is 16.3. The molecule has 0 unspecified atom stereocenters. The summed E-state index contributed by atoms with van der Waals surface area (Å²) in [6.45, 7) is 0. The molecule has 0 spiro atoms. The van der Waals surface area contributed by atoms with Gasteiger partial charge in [0.25, 0.3) is 0 Å². The van der Waals surface area contributed by atoms with Gasteiger partial charge in [-0.1, -0.05) is 84.9 Å². The second-order valence-electron chi connectivity index (χ2n) is 10.2. The largest absolute Gasteiger partial charge is 0.456 e. The number of aromatic nitrogens is 2. The third-order valence-corrected chi connectivity index (χ3v) is 8.13. The second kappa shape index (κ2) is 7.62. The SMILES string of the molecule is c1ccc(-c2cccc3oc4cccc(-n5c6ccccc6c6c7c(ccc65)[nH]c5ccccc57)c4c23)cc1. The van der Waals surface area contributed by atoms with Gasteiger partial charge in [-0.2, -0.15) is 0 Å². The number of H-pyrrole nitrogens is 1. The number of hydrogen-bond donors (Lipinski definition) is 1. The first kappa shape index (κ1) is 20.7. The van der Waals surface area contributed by atoms with Gasteiger partial charge in [-0.3, -0.25) is 0 Å². The summed E-state index contributed by atoms with van der Waals surface area (Å²) in [6, 6.07) is 45.2. The van der Waals surface area contributed by atoms with Crippen LogP contribution in [0.25, 0.3) is 82.4 Å². The molecule has 0 aliphatic heterocycles. The molecular weight excluding hydrogens is 476 g/mol. The number of furan rings is 1. The predicted octanol–water partition coefficient (Wildman–Crippen LogP) is 9.98. The van der Waals surface area contributed by atoms with Crippen molar-refractivity contribution in [2.75, 3.05) is 0 Å². The first-order valence-corrected chi connectivity index (χ1v) is 13.3. The van der Waals surface area contributed by atoms with Gasteiger partial charge >= 0.3 is 0 Å². The zero-order valence-electron chi connectivity index (χ0n) is 21.0. The third kappa shape index (κ3) is 2.76. The Balaban J connectivity index is 1.49. The molecule has 0 aliphatic rings. The molecule has 3 heterocycles. The normalized spacial score (nSPS) is 12.1. The zero-order chi connectivity index (χ0) is 25.5. The number of nitrogens with zero attached hydrogens (tertiary/aromatic N) is 1. The van der Waals surface area contributed by atoms with E-state index in [0.29, 0.717) is 0 Å². The molecule has 9 rings (SSSR count). The molecule has 0 fully saturated rings. The lowest BCUT2D eigenvalue weighted by Crippen LogP contribution is -1.95. The summed E-state index contributed by atoms with van der Waals surface area (Å²) < 4.78 is 8.90. The summed E-state index contributed by atoms with van der Waals surface area (Å²) in [5.74, 6) is 0.